The lowest BCUT2D eigenvalue weighted by atomic mass is 10.2. The quantitative estimate of drug-likeness (QED) is 0.671. The van der Waals surface area contributed by atoms with Crippen molar-refractivity contribution in [3.8, 4) is 11.5 Å². The number of halogens is 1. The number of methoxy groups -OCH3 is 1. The summed E-state index contributed by atoms with van der Waals surface area (Å²) in [5.41, 5.74) is 1.11. The summed E-state index contributed by atoms with van der Waals surface area (Å²) in [5, 5.41) is 7.19. The Morgan fingerprint density at radius 3 is 2.64 bits per heavy atom. The molecule has 0 aliphatic carbocycles. The first-order chi connectivity index (χ1) is 12.2. The van der Waals surface area contributed by atoms with Gasteiger partial charge in [0.1, 0.15) is 11.4 Å². The lowest BCUT2D eigenvalue weighted by Crippen LogP contribution is -2.26. The SMILES string of the molecule is COCCCNC(=O)c1cnn(-c2ccc(F)cc2)c1-n1cccc1. The molecule has 1 aromatic carbocycles. The Hall–Kier alpha value is -2.93. The molecule has 1 N–H and O–H groups in total. The van der Waals surface area contributed by atoms with Crippen molar-refractivity contribution in [2.75, 3.05) is 20.3 Å². The number of carbonyl (C=O) groups excluding carboxylic acids is 1. The largest absolute Gasteiger partial charge is 0.385 e. The lowest BCUT2D eigenvalue weighted by molar-refractivity contribution is 0.0948. The van der Waals surface area contributed by atoms with Gasteiger partial charge in [0.25, 0.3) is 5.91 Å². The summed E-state index contributed by atoms with van der Waals surface area (Å²) in [7, 11) is 1.62. The smallest absolute Gasteiger partial charge is 0.256 e. The van der Waals surface area contributed by atoms with E-state index in [1.54, 1.807) is 28.5 Å². The summed E-state index contributed by atoms with van der Waals surface area (Å²) < 4.78 is 21.6. The molecule has 0 radical (unpaired) electrons. The number of rotatable bonds is 7. The molecule has 0 bridgehead atoms. The van der Waals surface area contributed by atoms with Crippen LogP contribution in [0.4, 0.5) is 4.39 Å². The Labute approximate surface area is 144 Å². The Balaban J connectivity index is 1.94. The summed E-state index contributed by atoms with van der Waals surface area (Å²) >= 11 is 0. The summed E-state index contributed by atoms with van der Waals surface area (Å²) in [6.45, 7) is 1.10. The van der Waals surface area contributed by atoms with E-state index in [-0.39, 0.29) is 11.7 Å². The number of hydrogen-bond acceptors (Lipinski definition) is 3. The van der Waals surface area contributed by atoms with Crippen molar-refractivity contribution in [1.82, 2.24) is 19.7 Å². The highest BCUT2D eigenvalue weighted by Gasteiger charge is 2.19. The van der Waals surface area contributed by atoms with Crippen LogP contribution in [0.15, 0.2) is 55.0 Å². The molecule has 3 aromatic rings. The van der Waals surface area contributed by atoms with E-state index in [2.05, 4.69) is 10.4 Å². The highest BCUT2D eigenvalue weighted by molar-refractivity contribution is 5.97. The molecule has 1 amide bonds. The van der Waals surface area contributed by atoms with Gasteiger partial charge in [-0.15, -0.1) is 0 Å². The van der Waals surface area contributed by atoms with Gasteiger partial charge in [-0.3, -0.25) is 4.79 Å². The predicted molar refractivity (Wildman–Crippen MR) is 91.7 cm³/mol. The van der Waals surface area contributed by atoms with Crippen molar-refractivity contribution in [1.29, 1.82) is 0 Å². The van der Waals surface area contributed by atoms with Gasteiger partial charge in [-0.1, -0.05) is 0 Å². The summed E-state index contributed by atoms with van der Waals surface area (Å²) in [5.74, 6) is 0.0588. The van der Waals surface area contributed by atoms with E-state index in [9.17, 15) is 9.18 Å². The molecule has 0 saturated carbocycles. The number of nitrogens with zero attached hydrogens (tertiary/aromatic N) is 3. The number of ether oxygens (including phenoxy) is 1. The molecule has 0 aliphatic heterocycles. The molecule has 0 unspecified atom stereocenters. The van der Waals surface area contributed by atoms with Gasteiger partial charge in [-0.05, 0) is 42.8 Å². The van der Waals surface area contributed by atoms with Gasteiger partial charge in [0.05, 0.1) is 11.9 Å². The maximum Gasteiger partial charge on any atom is 0.256 e. The number of carbonyl (C=O) groups is 1. The summed E-state index contributed by atoms with van der Waals surface area (Å²) in [6.07, 6.45) is 5.91. The number of nitrogens with one attached hydrogen (secondary N) is 1. The van der Waals surface area contributed by atoms with E-state index in [0.717, 1.165) is 6.42 Å². The van der Waals surface area contributed by atoms with Gasteiger partial charge in [0.15, 0.2) is 5.82 Å². The first-order valence-electron chi connectivity index (χ1n) is 7.95. The van der Waals surface area contributed by atoms with E-state index < -0.39 is 0 Å². The van der Waals surface area contributed by atoms with Crippen LogP contribution in [0.25, 0.3) is 11.5 Å². The van der Waals surface area contributed by atoms with Crippen LogP contribution in [-0.4, -0.2) is 40.5 Å². The third-order valence-electron chi connectivity index (χ3n) is 3.72. The molecule has 0 saturated heterocycles. The summed E-state index contributed by atoms with van der Waals surface area (Å²) in [4.78, 5) is 12.5. The Morgan fingerprint density at radius 2 is 1.96 bits per heavy atom. The van der Waals surface area contributed by atoms with E-state index in [0.29, 0.717) is 30.2 Å². The standard InChI is InChI=1S/C18H19FN4O2/c1-25-12-4-9-20-17(24)16-13-21-23(15-7-5-14(19)6-8-15)18(16)22-10-2-3-11-22/h2-3,5-8,10-11,13H,4,9,12H2,1H3,(H,20,24). The molecular formula is C18H19FN4O2. The van der Waals surface area contributed by atoms with Crippen molar-refractivity contribution in [3.63, 3.8) is 0 Å². The van der Waals surface area contributed by atoms with Gasteiger partial charge in [-0.25, -0.2) is 9.07 Å². The molecule has 130 valence electrons. The second-order valence-corrected chi connectivity index (χ2v) is 5.46. The van der Waals surface area contributed by atoms with E-state index in [1.807, 2.05) is 24.5 Å². The minimum atomic E-state index is -0.325. The first-order valence-corrected chi connectivity index (χ1v) is 7.95. The number of benzene rings is 1. The topological polar surface area (TPSA) is 61.1 Å². The lowest BCUT2D eigenvalue weighted by Gasteiger charge is -2.11. The first kappa shape index (κ1) is 16.9. The van der Waals surface area contributed by atoms with Crippen LogP contribution in [-0.2, 0) is 4.74 Å². The zero-order valence-electron chi connectivity index (χ0n) is 13.9. The number of amides is 1. The van der Waals surface area contributed by atoms with Crippen molar-refractivity contribution < 1.29 is 13.9 Å². The fourth-order valence-corrected chi connectivity index (χ4v) is 2.51. The second-order valence-electron chi connectivity index (χ2n) is 5.46. The van der Waals surface area contributed by atoms with E-state index in [4.69, 9.17) is 4.74 Å². The van der Waals surface area contributed by atoms with E-state index >= 15 is 0 Å². The Kier molecular flexibility index (Phi) is 5.25. The third-order valence-corrected chi connectivity index (χ3v) is 3.72. The van der Waals surface area contributed by atoms with Crippen LogP contribution in [0, 0.1) is 5.82 Å². The van der Waals surface area contributed by atoms with Gasteiger partial charge in [0, 0.05) is 32.7 Å². The zero-order valence-corrected chi connectivity index (χ0v) is 13.9. The average molecular weight is 342 g/mol. The van der Waals surface area contributed by atoms with Crippen LogP contribution in [0.3, 0.4) is 0 Å². The zero-order chi connectivity index (χ0) is 17.6. The normalized spacial score (nSPS) is 10.8. The van der Waals surface area contributed by atoms with Crippen LogP contribution in [0.2, 0.25) is 0 Å². The molecule has 6 nitrogen and oxygen atoms in total. The van der Waals surface area contributed by atoms with Crippen molar-refractivity contribution >= 4 is 5.91 Å². The molecule has 0 atom stereocenters. The van der Waals surface area contributed by atoms with Crippen molar-refractivity contribution in [3.05, 3.63) is 66.4 Å². The third kappa shape index (κ3) is 3.77. The van der Waals surface area contributed by atoms with Crippen LogP contribution >= 0.6 is 0 Å². The number of aromatic nitrogens is 3. The van der Waals surface area contributed by atoms with Crippen molar-refractivity contribution in [2.45, 2.75) is 6.42 Å². The predicted octanol–water partition coefficient (Wildman–Crippen LogP) is 2.57. The van der Waals surface area contributed by atoms with Gasteiger partial charge in [0.2, 0.25) is 0 Å². The molecular weight excluding hydrogens is 323 g/mol. The van der Waals surface area contributed by atoms with Crippen LogP contribution in [0.5, 0.6) is 0 Å². The van der Waals surface area contributed by atoms with Crippen molar-refractivity contribution in [2.24, 2.45) is 0 Å². The molecule has 7 heteroatoms. The maximum atomic E-state index is 13.2. The van der Waals surface area contributed by atoms with Gasteiger partial charge in [-0.2, -0.15) is 5.10 Å². The molecule has 0 fully saturated rings. The summed E-state index contributed by atoms with van der Waals surface area (Å²) in [6, 6.07) is 9.69. The Bertz CT molecular complexity index is 825. The van der Waals surface area contributed by atoms with Gasteiger partial charge < -0.3 is 14.6 Å². The van der Waals surface area contributed by atoms with Gasteiger partial charge >= 0.3 is 0 Å². The molecule has 0 spiro atoms. The monoisotopic (exact) mass is 342 g/mol. The highest BCUT2D eigenvalue weighted by atomic mass is 19.1. The Morgan fingerprint density at radius 1 is 1.24 bits per heavy atom. The molecule has 0 aliphatic rings. The minimum Gasteiger partial charge on any atom is -0.385 e. The van der Waals surface area contributed by atoms with Crippen LogP contribution < -0.4 is 5.32 Å². The molecule has 3 rings (SSSR count). The average Bonchev–Trinajstić information content (AvgIpc) is 3.28. The fourth-order valence-electron chi connectivity index (χ4n) is 2.51. The highest BCUT2D eigenvalue weighted by Crippen LogP contribution is 2.20. The minimum absolute atomic E-state index is 0.215. The number of hydrogen-bond donors (Lipinski definition) is 1. The van der Waals surface area contributed by atoms with Crippen LogP contribution in [0.1, 0.15) is 16.8 Å². The molecule has 2 aromatic heterocycles. The molecule has 25 heavy (non-hydrogen) atoms. The maximum absolute atomic E-state index is 13.2. The molecule has 2 heterocycles. The van der Waals surface area contributed by atoms with E-state index in [1.165, 1.54) is 18.3 Å². The second kappa shape index (κ2) is 7.76. The fraction of sp³-hybridized carbons (Fsp3) is 0.222.